The van der Waals surface area contributed by atoms with Gasteiger partial charge in [0.25, 0.3) is 5.91 Å². The molecule has 2 rings (SSSR count). The zero-order chi connectivity index (χ0) is 18.4. The molecule has 0 radical (unpaired) electrons. The van der Waals surface area contributed by atoms with E-state index in [2.05, 4.69) is 10.6 Å². The van der Waals surface area contributed by atoms with E-state index in [0.29, 0.717) is 18.5 Å². The van der Waals surface area contributed by atoms with Gasteiger partial charge in [-0.05, 0) is 42.3 Å². The van der Waals surface area contributed by atoms with E-state index in [1.807, 2.05) is 0 Å². The quantitative estimate of drug-likeness (QED) is 0.841. The SMILES string of the molecule is CC[C@@H](NC(=O)c1ccc(CNC(C)=O)cc1)c1cc(F)ccc1F. The van der Waals surface area contributed by atoms with Crippen molar-refractivity contribution >= 4 is 11.8 Å². The summed E-state index contributed by atoms with van der Waals surface area (Å²) in [5.41, 5.74) is 1.38. The second-order valence-corrected chi connectivity index (χ2v) is 5.71. The van der Waals surface area contributed by atoms with Crippen molar-refractivity contribution in [2.45, 2.75) is 32.9 Å². The number of carbonyl (C=O) groups is 2. The first kappa shape index (κ1) is 18.6. The van der Waals surface area contributed by atoms with Crippen LogP contribution in [-0.4, -0.2) is 11.8 Å². The molecule has 0 saturated heterocycles. The molecule has 2 N–H and O–H groups in total. The molecule has 0 saturated carbocycles. The second kappa shape index (κ2) is 8.37. The van der Waals surface area contributed by atoms with Crippen molar-refractivity contribution in [3.05, 3.63) is 70.8 Å². The van der Waals surface area contributed by atoms with E-state index in [9.17, 15) is 18.4 Å². The van der Waals surface area contributed by atoms with Gasteiger partial charge in [0.15, 0.2) is 0 Å². The van der Waals surface area contributed by atoms with Crippen molar-refractivity contribution in [1.82, 2.24) is 10.6 Å². The predicted molar refractivity (Wildman–Crippen MR) is 90.8 cm³/mol. The number of nitrogens with one attached hydrogen (secondary N) is 2. The molecule has 0 fully saturated rings. The molecule has 132 valence electrons. The smallest absolute Gasteiger partial charge is 0.251 e. The molecule has 2 aromatic carbocycles. The van der Waals surface area contributed by atoms with Gasteiger partial charge in [-0.1, -0.05) is 19.1 Å². The lowest BCUT2D eigenvalue weighted by atomic mass is 10.0. The Balaban J connectivity index is 2.09. The van der Waals surface area contributed by atoms with Gasteiger partial charge in [0.2, 0.25) is 5.91 Å². The van der Waals surface area contributed by atoms with E-state index >= 15 is 0 Å². The summed E-state index contributed by atoms with van der Waals surface area (Å²) >= 11 is 0. The maximum atomic E-state index is 13.9. The molecular weight excluding hydrogens is 326 g/mol. The van der Waals surface area contributed by atoms with Gasteiger partial charge in [0, 0.05) is 24.6 Å². The zero-order valence-corrected chi connectivity index (χ0v) is 14.1. The Bertz CT molecular complexity index is 761. The second-order valence-electron chi connectivity index (χ2n) is 5.71. The third-order valence-corrected chi connectivity index (χ3v) is 3.80. The molecule has 2 aromatic rings. The van der Waals surface area contributed by atoms with Gasteiger partial charge in [0.1, 0.15) is 11.6 Å². The van der Waals surface area contributed by atoms with Crippen molar-refractivity contribution < 1.29 is 18.4 Å². The fraction of sp³-hybridized carbons (Fsp3) is 0.263. The highest BCUT2D eigenvalue weighted by Crippen LogP contribution is 2.21. The number of amides is 2. The largest absolute Gasteiger partial charge is 0.352 e. The number of rotatable bonds is 6. The van der Waals surface area contributed by atoms with Crippen LogP contribution in [0.1, 0.15) is 47.8 Å². The fourth-order valence-corrected chi connectivity index (χ4v) is 2.42. The summed E-state index contributed by atoms with van der Waals surface area (Å²) in [6.45, 7) is 3.59. The van der Waals surface area contributed by atoms with Gasteiger partial charge in [-0.25, -0.2) is 8.78 Å². The Morgan fingerprint density at radius 3 is 2.36 bits per heavy atom. The first-order valence-corrected chi connectivity index (χ1v) is 8.00. The summed E-state index contributed by atoms with van der Waals surface area (Å²) in [6, 6.07) is 9.28. The normalized spacial score (nSPS) is 11.7. The van der Waals surface area contributed by atoms with Gasteiger partial charge in [-0.15, -0.1) is 0 Å². The Labute approximate surface area is 145 Å². The van der Waals surface area contributed by atoms with Crippen molar-refractivity contribution in [3.8, 4) is 0 Å². The van der Waals surface area contributed by atoms with E-state index in [1.54, 1.807) is 31.2 Å². The molecule has 0 bridgehead atoms. The fourth-order valence-electron chi connectivity index (χ4n) is 2.42. The monoisotopic (exact) mass is 346 g/mol. The third-order valence-electron chi connectivity index (χ3n) is 3.80. The molecule has 0 spiro atoms. The highest BCUT2D eigenvalue weighted by Gasteiger charge is 2.18. The van der Waals surface area contributed by atoms with Crippen LogP contribution in [0.15, 0.2) is 42.5 Å². The van der Waals surface area contributed by atoms with E-state index in [-0.39, 0.29) is 17.4 Å². The number of hydrogen-bond acceptors (Lipinski definition) is 2. The summed E-state index contributed by atoms with van der Waals surface area (Å²) in [4.78, 5) is 23.3. The van der Waals surface area contributed by atoms with Crippen molar-refractivity contribution in [3.63, 3.8) is 0 Å². The molecule has 0 aliphatic carbocycles. The summed E-state index contributed by atoms with van der Waals surface area (Å²) in [5.74, 6) is -1.61. The maximum Gasteiger partial charge on any atom is 0.251 e. The molecule has 6 heteroatoms. The number of benzene rings is 2. The van der Waals surface area contributed by atoms with E-state index in [1.165, 1.54) is 6.92 Å². The number of halogens is 2. The lowest BCUT2D eigenvalue weighted by Gasteiger charge is -2.18. The van der Waals surface area contributed by atoms with Crippen molar-refractivity contribution in [2.24, 2.45) is 0 Å². The number of hydrogen-bond donors (Lipinski definition) is 2. The molecule has 0 heterocycles. The van der Waals surface area contributed by atoms with Crippen LogP contribution >= 0.6 is 0 Å². The van der Waals surface area contributed by atoms with Gasteiger partial charge < -0.3 is 10.6 Å². The molecule has 0 aromatic heterocycles. The molecule has 25 heavy (non-hydrogen) atoms. The zero-order valence-electron chi connectivity index (χ0n) is 14.1. The molecule has 0 aliphatic heterocycles. The lowest BCUT2D eigenvalue weighted by molar-refractivity contribution is -0.119. The minimum atomic E-state index is -0.623. The lowest BCUT2D eigenvalue weighted by Crippen LogP contribution is -2.29. The first-order valence-electron chi connectivity index (χ1n) is 8.00. The molecular formula is C19H20F2N2O2. The van der Waals surface area contributed by atoms with Gasteiger partial charge in [-0.3, -0.25) is 9.59 Å². The van der Waals surface area contributed by atoms with E-state index < -0.39 is 17.7 Å². The molecule has 0 unspecified atom stereocenters. The van der Waals surface area contributed by atoms with Crippen LogP contribution in [-0.2, 0) is 11.3 Å². The van der Waals surface area contributed by atoms with Crippen molar-refractivity contribution in [2.75, 3.05) is 0 Å². The highest BCUT2D eigenvalue weighted by molar-refractivity contribution is 5.94. The standard InChI is InChI=1S/C19H20F2N2O2/c1-3-18(16-10-15(20)8-9-17(16)21)23-19(25)14-6-4-13(5-7-14)11-22-12(2)24/h4-10,18H,3,11H2,1-2H3,(H,22,24)(H,23,25)/t18-/m1/s1. The molecule has 2 amide bonds. The van der Waals surface area contributed by atoms with Gasteiger partial charge in [0.05, 0.1) is 6.04 Å². The average Bonchev–Trinajstić information content (AvgIpc) is 2.60. The van der Waals surface area contributed by atoms with Crippen LogP contribution < -0.4 is 10.6 Å². The summed E-state index contributed by atoms with van der Waals surface area (Å²) in [5, 5.41) is 5.39. The third kappa shape index (κ3) is 5.11. The van der Waals surface area contributed by atoms with Gasteiger partial charge >= 0.3 is 0 Å². The topological polar surface area (TPSA) is 58.2 Å². The Kier molecular flexibility index (Phi) is 6.22. The van der Waals surface area contributed by atoms with Crippen LogP contribution in [0.25, 0.3) is 0 Å². The Hall–Kier alpha value is -2.76. The van der Waals surface area contributed by atoms with Crippen LogP contribution in [0.4, 0.5) is 8.78 Å². The van der Waals surface area contributed by atoms with E-state index in [0.717, 1.165) is 23.8 Å². The molecule has 0 aliphatic rings. The minimum absolute atomic E-state index is 0.123. The van der Waals surface area contributed by atoms with Crippen LogP contribution in [0.3, 0.4) is 0 Å². The highest BCUT2D eigenvalue weighted by atomic mass is 19.1. The average molecular weight is 346 g/mol. The summed E-state index contributed by atoms with van der Waals surface area (Å²) in [6.07, 6.45) is 0.423. The van der Waals surface area contributed by atoms with Crippen molar-refractivity contribution in [1.29, 1.82) is 0 Å². The predicted octanol–water partition coefficient (Wildman–Crippen LogP) is 3.48. The summed E-state index contributed by atoms with van der Waals surface area (Å²) in [7, 11) is 0. The molecule has 1 atom stereocenters. The molecule has 4 nitrogen and oxygen atoms in total. The maximum absolute atomic E-state index is 13.9. The summed E-state index contributed by atoms with van der Waals surface area (Å²) < 4.78 is 27.3. The van der Waals surface area contributed by atoms with Crippen LogP contribution in [0.2, 0.25) is 0 Å². The first-order chi connectivity index (χ1) is 11.9. The van der Waals surface area contributed by atoms with Crippen LogP contribution in [0, 0.1) is 11.6 Å². The van der Waals surface area contributed by atoms with Gasteiger partial charge in [-0.2, -0.15) is 0 Å². The van der Waals surface area contributed by atoms with Crippen LogP contribution in [0.5, 0.6) is 0 Å². The number of carbonyl (C=O) groups excluding carboxylic acids is 2. The van der Waals surface area contributed by atoms with E-state index in [4.69, 9.17) is 0 Å². The minimum Gasteiger partial charge on any atom is -0.352 e. The Morgan fingerprint density at radius 2 is 1.76 bits per heavy atom. The Morgan fingerprint density at radius 1 is 1.08 bits per heavy atom.